The number of hydrogen-bond acceptors (Lipinski definition) is 15. The molecule has 0 unspecified atom stereocenters. The summed E-state index contributed by atoms with van der Waals surface area (Å²) in [6, 6.07) is 20.5. The van der Waals surface area contributed by atoms with E-state index < -0.39 is 37.0 Å². The van der Waals surface area contributed by atoms with Gasteiger partial charge in [-0.1, -0.05) is 38.1 Å². The summed E-state index contributed by atoms with van der Waals surface area (Å²) in [6.07, 6.45) is 10.7. The lowest BCUT2D eigenvalue weighted by Gasteiger charge is -2.56. The molecule has 5 fully saturated rings. The topological polar surface area (TPSA) is 225 Å². The number of benzene rings is 3. The Bertz CT molecular complexity index is 3020. The number of carbonyl (C=O) groups excluding carboxylic acids is 1. The molecule has 74 heavy (non-hydrogen) atoms. The lowest BCUT2D eigenvalue weighted by Crippen LogP contribution is -2.54. The molecule has 6 heterocycles. The maximum Gasteiger partial charge on any atom is 0.297 e. The van der Waals surface area contributed by atoms with Gasteiger partial charge >= 0.3 is 0 Å². The van der Waals surface area contributed by atoms with Crippen LogP contribution in [0.4, 0.5) is 17.1 Å². The Morgan fingerprint density at radius 3 is 2.51 bits per heavy atom. The monoisotopic (exact) mass is 1030 g/mol. The van der Waals surface area contributed by atoms with Gasteiger partial charge in [-0.15, -0.1) is 0 Å². The van der Waals surface area contributed by atoms with Gasteiger partial charge in [0.05, 0.1) is 33.1 Å². The second-order valence-electron chi connectivity index (χ2n) is 22.4. The zero-order valence-corrected chi connectivity index (χ0v) is 43.2. The number of carbonyl (C=O) groups is 1. The predicted octanol–water partition coefficient (Wildman–Crippen LogP) is 8.26. The molecule has 0 bridgehead atoms. The Kier molecular flexibility index (Phi) is 13.5. The van der Waals surface area contributed by atoms with Gasteiger partial charge in [-0.3, -0.25) is 24.7 Å². The predicted molar refractivity (Wildman–Crippen MR) is 280 cm³/mol. The van der Waals surface area contributed by atoms with Crippen molar-refractivity contribution in [2.24, 2.45) is 11.3 Å². The van der Waals surface area contributed by atoms with Crippen LogP contribution in [0.5, 0.6) is 23.1 Å². The van der Waals surface area contributed by atoms with E-state index >= 15 is 0 Å². The Hall–Kier alpha value is -5.99. The number of hydrogen-bond donors (Lipinski definition) is 5. The fourth-order valence-corrected chi connectivity index (χ4v) is 13.6. The van der Waals surface area contributed by atoms with Gasteiger partial charge in [-0.25, -0.2) is 13.1 Å². The summed E-state index contributed by atoms with van der Waals surface area (Å²) in [4.78, 5) is 40.7. The number of amides is 1. The molecule has 5 N–H and O–H groups in total. The number of H-pyrrole nitrogens is 1. The van der Waals surface area contributed by atoms with E-state index in [9.17, 15) is 33.5 Å². The van der Waals surface area contributed by atoms with E-state index in [1.807, 2.05) is 11.0 Å². The molecular weight excluding hydrogens is 965 g/mol. The van der Waals surface area contributed by atoms with Gasteiger partial charge in [-0.05, 0) is 130 Å². The number of piperidine rings is 1. The first-order valence-corrected chi connectivity index (χ1v) is 27.9. The number of ether oxygens (including phenoxy) is 3. The third kappa shape index (κ3) is 10.1. The molecule has 18 nitrogen and oxygen atoms in total. The highest BCUT2D eigenvalue weighted by Crippen LogP contribution is 2.54. The van der Waals surface area contributed by atoms with E-state index in [0.29, 0.717) is 69.0 Å². The van der Waals surface area contributed by atoms with Crippen molar-refractivity contribution >= 4 is 44.0 Å². The fraction of sp³-hybridized carbons (Fsp3) is 0.527. The summed E-state index contributed by atoms with van der Waals surface area (Å²) in [5, 5.41) is 36.8. The quantitative estimate of drug-likeness (QED) is 0.0492. The molecule has 3 saturated heterocycles. The number of aliphatic hydroxyl groups is 2. The van der Waals surface area contributed by atoms with Gasteiger partial charge in [-0.2, -0.15) is 4.98 Å². The van der Waals surface area contributed by atoms with Crippen LogP contribution < -0.4 is 29.1 Å². The third-order valence-electron chi connectivity index (χ3n) is 17.0. The second kappa shape index (κ2) is 19.9. The van der Waals surface area contributed by atoms with Crippen LogP contribution in [0.3, 0.4) is 0 Å². The Morgan fingerprint density at radius 1 is 1.00 bits per heavy atom. The standard InChI is InChI=1S/C55H68N8O10S/c1-34(2)41-7-4-5-8-42(41)45-9-6-20-62(45)38-29-55(30-38)17-21-61(22-18-55)37-10-11-43(47(26-37)73-49-25-36-14-19-56-51(36)58-53(49)71-24-23-60-31-39(64)32-60)52(65)59-74(69,70)40-27-46(63(67)68)50-48(28-40)72-33-44(57-50)35-12-15-54(3,66)16-13-35/h4-5,7-8,10-11,14,19,25-28,34-35,38-39,44-45,57,64,66H,6,9,12-13,15-18,20-24,29-33H2,1-3H3,(H,56,58)(H,59,65)/t35-,44-,45+,54-/m1/s1. The van der Waals surface area contributed by atoms with Crippen LogP contribution in [0.1, 0.15) is 118 Å². The van der Waals surface area contributed by atoms with E-state index in [1.165, 1.54) is 42.9 Å². The molecule has 394 valence electrons. The fourth-order valence-electron chi connectivity index (χ4n) is 12.6. The highest BCUT2D eigenvalue weighted by molar-refractivity contribution is 7.90. The molecule has 2 aliphatic carbocycles. The van der Waals surface area contributed by atoms with Crippen LogP contribution in [0, 0.1) is 21.4 Å². The van der Waals surface area contributed by atoms with Crippen molar-refractivity contribution in [1.29, 1.82) is 0 Å². The molecule has 11 rings (SSSR count). The van der Waals surface area contributed by atoms with Crippen molar-refractivity contribution in [1.82, 2.24) is 24.5 Å². The zero-order chi connectivity index (χ0) is 51.5. The molecule has 2 atom stereocenters. The molecule has 19 heteroatoms. The number of nitrogens with zero attached hydrogens (tertiary/aromatic N) is 5. The second-order valence-corrected chi connectivity index (χ2v) is 24.1. The molecule has 4 aliphatic heterocycles. The van der Waals surface area contributed by atoms with Crippen molar-refractivity contribution in [3.63, 3.8) is 0 Å². The number of anilines is 2. The minimum absolute atomic E-state index is 0.0155. The number of pyridine rings is 1. The van der Waals surface area contributed by atoms with E-state index in [-0.39, 0.29) is 71.1 Å². The van der Waals surface area contributed by atoms with Crippen molar-refractivity contribution in [3.8, 4) is 23.1 Å². The van der Waals surface area contributed by atoms with Gasteiger partial charge in [0.25, 0.3) is 27.5 Å². The molecular formula is C55H68N8O10S. The lowest BCUT2D eigenvalue weighted by molar-refractivity contribution is -0.384. The van der Waals surface area contributed by atoms with Gasteiger partial charge in [0.2, 0.25) is 0 Å². The van der Waals surface area contributed by atoms with Crippen molar-refractivity contribution in [2.75, 3.05) is 62.7 Å². The maximum atomic E-state index is 14.4. The number of likely N-dealkylation sites (tertiary alicyclic amines) is 2. The number of rotatable bonds is 15. The summed E-state index contributed by atoms with van der Waals surface area (Å²) in [7, 11) is -4.73. The number of nitrogens with one attached hydrogen (secondary N) is 3. The minimum atomic E-state index is -4.73. The maximum absolute atomic E-state index is 14.4. The lowest BCUT2D eigenvalue weighted by atomic mass is 9.59. The number of fused-ring (bicyclic) bond motifs is 2. The zero-order valence-electron chi connectivity index (χ0n) is 42.4. The number of nitro groups is 1. The average molecular weight is 1030 g/mol. The van der Waals surface area contributed by atoms with Crippen molar-refractivity contribution in [3.05, 3.63) is 99.7 Å². The van der Waals surface area contributed by atoms with Crippen LogP contribution in [0.2, 0.25) is 0 Å². The van der Waals surface area contributed by atoms with E-state index in [4.69, 9.17) is 19.2 Å². The van der Waals surface area contributed by atoms with E-state index in [2.05, 4.69) is 62.9 Å². The number of sulfonamides is 1. The van der Waals surface area contributed by atoms with Crippen LogP contribution in [0.15, 0.2) is 77.8 Å². The molecule has 3 aromatic carbocycles. The van der Waals surface area contributed by atoms with Gasteiger partial charge < -0.3 is 39.6 Å². The Balaban J connectivity index is 0.837. The number of aliphatic hydroxyl groups excluding tert-OH is 1. The third-order valence-corrected chi connectivity index (χ3v) is 18.3. The number of aromatic nitrogens is 2. The summed E-state index contributed by atoms with van der Waals surface area (Å²) < 4.78 is 49.4. The van der Waals surface area contributed by atoms with Gasteiger partial charge in [0.15, 0.2) is 17.2 Å². The van der Waals surface area contributed by atoms with Crippen molar-refractivity contribution in [2.45, 2.75) is 126 Å². The van der Waals surface area contributed by atoms with E-state index in [0.717, 1.165) is 49.6 Å². The minimum Gasteiger partial charge on any atom is -0.489 e. The highest BCUT2D eigenvalue weighted by atomic mass is 32.2. The first kappa shape index (κ1) is 50.2. The SMILES string of the molecule is CC(C)c1ccccc1[C@@H]1CCCN1C1CC2(CCN(c3ccc(C(=O)NS(=O)(=O)c4cc5c(c([N+](=O)[O-])c4)N[C@@H]([C@H]4CC[C@](C)(O)CC4)CO5)c(Oc4cc5cc[nH]c5nc4OCCN4CC(O)C4)c3)CC2)C1. The molecule has 2 aromatic heterocycles. The summed E-state index contributed by atoms with van der Waals surface area (Å²) >= 11 is 0. The summed E-state index contributed by atoms with van der Waals surface area (Å²) in [5.41, 5.74) is 3.25. The van der Waals surface area contributed by atoms with Crippen LogP contribution >= 0.6 is 0 Å². The molecule has 0 radical (unpaired) electrons. The van der Waals surface area contributed by atoms with Crippen LogP contribution in [-0.2, 0) is 10.0 Å². The highest BCUT2D eigenvalue weighted by Gasteiger charge is 2.50. The average Bonchev–Trinajstić information content (AvgIpc) is 4.05. The molecule has 2 saturated carbocycles. The molecule has 6 aliphatic rings. The largest absolute Gasteiger partial charge is 0.489 e. The number of aromatic amines is 1. The molecule has 1 amide bonds. The van der Waals surface area contributed by atoms with E-state index in [1.54, 1.807) is 37.4 Å². The molecule has 1 spiro atoms. The van der Waals surface area contributed by atoms with Gasteiger partial charge in [0.1, 0.15) is 24.6 Å². The number of nitro benzene ring substituents is 1. The summed E-state index contributed by atoms with van der Waals surface area (Å²) in [5.74, 6) is -0.0391. The Morgan fingerprint density at radius 2 is 1.77 bits per heavy atom. The first-order valence-electron chi connectivity index (χ1n) is 26.4. The van der Waals surface area contributed by atoms with Gasteiger partial charge in [0, 0.05) is 80.3 Å². The molecule has 5 aromatic rings. The number of β-amino-alcohol motifs (C(OH)–C–C–N with tert-alkyl or cyclic N) is 1. The first-order chi connectivity index (χ1) is 35.5. The Labute approximate surface area is 432 Å². The summed E-state index contributed by atoms with van der Waals surface area (Å²) in [6.45, 7) is 11.1. The smallest absolute Gasteiger partial charge is 0.297 e. The van der Waals surface area contributed by atoms with Crippen molar-refractivity contribution < 1.29 is 42.6 Å². The van der Waals surface area contributed by atoms with Crippen LogP contribution in [-0.4, -0.2) is 126 Å². The normalized spacial score (nSPS) is 24.5. The van der Waals surface area contributed by atoms with Crippen LogP contribution in [0.25, 0.3) is 11.0 Å².